The van der Waals surface area contributed by atoms with Crippen molar-refractivity contribution < 1.29 is 14.3 Å². The summed E-state index contributed by atoms with van der Waals surface area (Å²) in [6, 6.07) is 15.5. The number of anilines is 1. The summed E-state index contributed by atoms with van der Waals surface area (Å²) in [5.74, 6) is 0.698. The van der Waals surface area contributed by atoms with Crippen LogP contribution in [0.25, 0.3) is 4.96 Å². The largest absolute Gasteiger partial charge is 0.485 e. The molecule has 1 atom stereocenters. The molecule has 7 nitrogen and oxygen atoms in total. The van der Waals surface area contributed by atoms with E-state index >= 15 is 0 Å². The van der Waals surface area contributed by atoms with Crippen molar-refractivity contribution in [1.82, 2.24) is 9.38 Å². The summed E-state index contributed by atoms with van der Waals surface area (Å²) >= 11 is 7.51. The molecule has 32 heavy (non-hydrogen) atoms. The van der Waals surface area contributed by atoms with Gasteiger partial charge in [-0.3, -0.25) is 14.0 Å². The zero-order chi connectivity index (χ0) is 22.5. The van der Waals surface area contributed by atoms with E-state index in [1.165, 1.54) is 21.8 Å². The molecule has 0 saturated heterocycles. The van der Waals surface area contributed by atoms with Crippen LogP contribution in [-0.4, -0.2) is 21.4 Å². The summed E-state index contributed by atoms with van der Waals surface area (Å²) in [5.41, 5.74) is 0.721. The summed E-state index contributed by atoms with van der Waals surface area (Å²) < 4.78 is 13.2. The van der Waals surface area contributed by atoms with E-state index in [9.17, 15) is 9.59 Å². The van der Waals surface area contributed by atoms with Gasteiger partial charge in [0.25, 0.3) is 11.5 Å². The van der Waals surface area contributed by atoms with Gasteiger partial charge in [-0.2, -0.15) is 0 Å². The van der Waals surface area contributed by atoms with Crippen molar-refractivity contribution in [2.75, 3.05) is 5.32 Å². The number of hydrogen-bond acceptors (Lipinski definition) is 6. The molecule has 1 amide bonds. The Bertz CT molecular complexity index is 1290. The fraction of sp³-hybridized carbons (Fsp3) is 0.174. The Morgan fingerprint density at radius 1 is 1.22 bits per heavy atom. The van der Waals surface area contributed by atoms with E-state index < -0.39 is 6.10 Å². The number of ether oxygens (including phenoxy) is 2. The highest BCUT2D eigenvalue weighted by Crippen LogP contribution is 2.29. The van der Waals surface area contributed by atoms with Gasteiger partial charge in [0.05, 0.1) is 11.4 Å². The molecule has 0 spiro atoms. The fourth-order valence-corrected chi connectivity index (χ4v) is 3.95. The van der Waals surface area contributed by atoms with Gasteiger partial charge in [-0.25, -0.2) is 4.98 Å². The van der Waals surface area contributed by atoms with Gasteiger partial charge in [-0.1, -0.05) is 36.7 Å². The van der Waals surface area contributed by atoms with E-state index in [4.69, 9.17) is 21.1 Å². The summed E-state index contributed by atoms with van der Waals surface area (Å²) in [4.78, 5) is 30.0. The quantitative estimate of drug-likeness (QED) is 0.401. The number of carbonyl (C=O) groups excluding carboxylic acids is 1. The third-order valence-corrected chi connectivity index (χ3v) is 5.61. The Kier molecular flexibility index (Phi) is 6.72. The molecule has 0 radical (unpaired) electrons. The minimum atomic E-state index is -0.688. The lowest BCUT2D eigenvalue weighted by molar-refractivity contribution is -0.122. The molecule has 0 fully saturated rings. The van der Waals surface area contributed by atoms with Gasteiger partial charge in [-0.05, 0) is 36.8 Å². The predicted molar refractivity (Wildman–Crippen MR) is 125 cm³/mol. The molecule has 2 heterocycles. The zero-order valence-electron chi connectivity index (χ0n) is 17.2. The fourth-order valence-electron chi connectivity index (χ4n) is 3.04. The number of hydrogen-bond donors (Lipinski definition) is 1. The number of nitrogens with zero attached hydrogens (tertiary/aromatic N) is 2. The maximum Gasteiger partial charge on any atom is 0.265 e. The van der Waals surface area contributed by atoms with Gasteiger partial charge in [-0.15, -0.1) is 11.3 Å². The normalized spacial score (nSPS) is 11.8. The summed E-state index contributed by atoms with van der Waals surface area (Å²) in [6.07, 6.45) is 1.47. The van der Waals surface area contributed by atoms with Gasteiger partial charge >= 0.3 is 0 Å². The summed E-state index contributed by atoms with van der Waals surface area (Å²) in [6.45, 7) is 1.93. The molecule has 0 aliphatic rings. The number of rotatable bonds is 8. The standard InChI is InChI=1S/C23H20ClN3O4S/c1-2-19(31-17-6-4-3-5-7-17)22(29)26-18-12-15(24)8-9-20(18)30-14-16-13-21(28)27-10-11-32-23(27)25-16/h3-13,19H,2,14H2,1H3,(H,26,29). The van der Waals surface area contributed by atoms with Crippen LogP contribution in [0.3, 0.4) is 0 Å². The molecule has 0 bridgehead atoms. The second kappa shape index (κ2) is 9.84. The van der Waals surface area contributed by atoms with Crippen LogP contribution >= 0.6 is 22.9 Å². The third-order valence-electron chi connectivity index (χ3n) is 4.62. The number of halogens is 1. The molecule has 0 aliphatic carbocycles. The Balaban J connectivity index is 1.49. The average Bonchev–Trinajstić information content (AvgIpc) is 3.27. The van der Waals surface area contributed by atoms with Crippen molar-refractivity contribution in [1.29, 1.82) is 0 Å². The lowest BCUT2D eigenvalue weighted by Crippen LogP contribution is -2.32. The van der Waals surface area contributed by atoms with Crippen LogP contribution < -0.4 is 20.3 Å². The summed E-state index contributed by atoms with van der Waals surface area (Å²) in [7, 11) is 0. The molecule has 2 aromatic carbocycles. The molecule has 0 saturated carbocycles. The van der Waals surface area contributed by atoms with Gasteiger partial charge < -0.3 is 14.8 Å². The maximum absolute atomic E-state index is 12.9. The number of amides is 1. The second-order valence-corrected chi connectivity index (χ2v) is 8.20. The molecule has 1 N–H and O–H groups in total. The molecule has 4 aromatic rings. The van der Waals surface area contributed by atoms with Crippen LogP contribution in [0, 0.1) is 0 Å². The van der Waals surface area contributed by atoms with Crippen molar-refractivity contribution >= 4 is 39.5 Å². The topological polar surface area (TPSA) is 81.9 Å². The highest BCUT2D eigenvalue weighted by Gasteiger charge is 2.20. The minimum Gasteiger partial charge on any atom is -0.485 e. The molecule has 0 aliphatic heterocycles. The van der Waals surface area contributed by atoms with E-state index in [1.807, 2.05) is 25.1 Å². The molecule has 1 unspecified atom stereocenters. The molecule has 164 valence electrons. The van der Waals surface area contributed by atoms with E-state index in [-0.39, 0.29) is 18.1 Å². The monoisotopic (exact) mass is 469 g/mol. The van der Waals surface area contributed by atoms with E-state index in [0.717, 1.165) is 0 Å². The van der Waals surface area contributed by atoms with E-state index in [0.29, 0.717) is 39.3 Å². The Labute approximate surface area is 193 Å². The van der Waals surface area contributed by atoms with Crippen LogP contribution in [0.4, 0.5) is 5.69 Å². The zero-order valence-corrected chi connectivity index (χ0v) is 18.7. The van der Waals surface area contributed by atoms with Crippen molar-refractivity contribution in [2.45, 2.75) is 26.1 Å². The second-order valence-electron chi connectivity index (χ2n) is 6.89. The Hall–Kier alpha value is -3.36. The van der Waals surface area contributed by atoms with Crippen molar-refractivity contribution in [2.24, 2.45) is 0 Å². The SMILES string of the molecule is CCC(Oc1ccccc1)C(=O)Nc1cc(Cl)ccc1OCc1cc(=O)n2ccsc2n1. The maximum atomic E-state index is 12.9. The van der Waals surface area contributed by atoms with Crippen LogP contribution in [0.15, 0.2) is 71.0 Å². The van der Waals surface area contributed by atoms with Gasteiger partial charge in [0, 0.05) is 22.7 Å². The van der Waals surface area contributed by atoms with Crippen molar-refractivity contribution in [3.05, 3.63) is 87.2 Å². The number of fused-ring (bicyclic) bond motifs is 1. The first kappa shape index (κ1) is 21.9. The number of nitrogens with one attached hydrogen (secondary N) is 1. The van der Waals surface area contributed by atoms with Crippen LogP contribution in [0.1, 0.15) is 19.0 Å². The number of carbonyl (C=O) groups is 1. The molecule has 4 rings (SSSR count). The summed E-state index contributed by atoms with van der Waals surface area (Å²) in [5, 5.41) is 5.08. The van der Waals surface area contributed by atoms with E-state index in [1.54, 1.807) is 41.9 Å². The van der Waals surface area contributed by atoms with Crippen LogP contribution in [0.5, 0.6) is 11.5 Å². The smallest absolute Gasteiger partial charge is 0.265 e. The molecular formula is C23H20ClN3O4S. The number of aromatic nitrogens is 2. The predicted octanol–water partition coefficient (Wildman–Crippen LogP) is 4.78. The van der Waals surface area contributed by atoms with Crippen molar-refractivity contribution in [3.63, 3.8) is 0 Å². The van der Waals surface area contributed by atoms with Crippen molar-refractivity contribution in [3.8, 4) is 11.5 Å². The lowest BCUT2D eigenvalue weighted by atomic mass is 10.2. The first-order valence-corrected chi connectivity index (χ1v) is 11.2. The van der Waals surface area contributed by atoms with Gasteiger partial charge in [0.1, 0.15) is 18.1 Å². The van der Waals surface area contributed by atoms with Gasteiger partial charge in [0.2, 0.25) is 0 Å². The first-order valence-electron chi connectivity index (χ1n) is 9.94. The number of thiazole rings is 1. The Morgan fingerprint density at radius 3 is 2.81 bits per heavy atom. The van der Waals surface area contributed by atoms with E-state index in [2.05, 4.69) is 10.3 Å². The first-order chi connectivity index (χ1) is 15.5. The third kappa shape index (κ3) is 5.09. The highest BCUT2D eigenvalue weighted by atomic mass is 35.5. The van der Waals surface area contributed by atoms with Gasteiger partial charge in [0.15, 0.2) is 11.1 Å². The lowest BCUT2D eigenvalue weighted by Gasteiger charge is -2.19. The number of benzene rings is 2. The highest BCUT2D eigenvalue weighted by molar-refractivity contribution is 7.15. The van der Waals surface area contributed by atoms with Crippen LogP contribution in [-0.2, 0) is 11.4 Å². The minimum absolute atomic E-state index is 0.0614. The Morgan fingerprint density at radius 2 is 2.03 bits per heavy atom. The molecule has 2 aromatic heterocycles. The average molecular weight is 470 g/mol. The molecule has 9 heteroatoms. The molecular weight excluding hydrogens is 450 g/mol. The number of para-hydroxylation sites is 1. The van der Waals surface area contributed by atoms with Crippen LogP contribution in [0.2, 0.25) is 5.02 Å².